The molecule has 0 amide bonds. The molecular weight excluding hydrogens is 392 g/mol. The molecule has 0 unspecified atom stereocenters. The number of hydrazone groups is 1. The number of hydrogen-bond acceptors (Lipinski definition) is 5. The lowest BCUT2D eigenvalue weighted by Crippen LogP contribution is -2.33. The molecule has 0 saturated heterocycles. The predicted octanol–water partition coefficient (Wildman–Crippen LogP) is 3.92. The Morgan fingerprint density at radius 2 is 1.74 bits per heavy atom. The van der Waals surface area contributed by atoms with Gasteiger partial charge in [0.1, 0.15) is 5.56 Å². The summed E-state index contributed by atoms with van der Waals surface area (Å²) >= 11 is 0. The van der Waals surface area contributed by atoms with Crippen molar-refractivity contribution in [3.8, 4) is 11.6 Å². The number of hydrogen-bond donors (Lipinski definition) is 3. The number of aromatic nitrogens is 2. The zero-order valence-corrected chi connectivity index (χ0v) is 17.2. The smallest absolute Gasteiger partial charge is 0.335 e. The first kappa shape index (κ1) is 20.2. The molecule has 0 radical (unpaired) electrons. The van der Waals surface area contributed by atoms with Gasteiger partial charge < -0.3 is 5.11 Å². The minimum absolute atomic E-state index is 0.0459. The summed E-state index contributed by atoms with van der Waals surface area (Å²) in [6, 6.07) is 20.7. The monoisotopic (exact) mass is 414 g/mol. The molecule has 0 aliphatic heterocycles. The summed E-state index contributed by atoms with van der Waals surface area (Å²) in [5.41, 5.74) is 4.11. The number of nitrogens with one attached hydrogen (secondary N) is 2. The van der Waals surface area contributed by atoms with E-state index in [9.17, 15) is 14.7 Å². The fraction of sp³-hybridized carbons (Fsp3) is 0.125. The molecule has 1 aromatic heterocycles. The Bertz CT molecular complexity index is 1390. The standard InChI is InChI=1S/C24H22N4O3/c1-3-19(26-27-20-10-6-8-16-7-4-5-9-18(16)20)21-22(29)25-24(31)28(23(21)30)17-13-11-15(2)12-14-17/h4-14,27,30H,3H2,1-2H3,(H,25,29,31). The minimum Gasteiger partial charge on any atom is -0.493 e. The van der Waals surface area contributed by atoms with Crippen molar-refractivity contribution in [2.45, 2.75) is 20.3 Å². The molecule has 3 aromatic carbocycles. The van der Waals surface area contributed by atoms with Gasteiger partial charge in [-0.05, 0) is 36.9 Å². The van der Waals surface area contributed by atoms with Gasteiger partial charge in [-0.2, -0.15) is 5.10 Å². The van der Waals surface area contributed by atoms with Crippen molar-refractivity contribution in [3.63, 3.8) is 0 Å². The highest BCUT2D eigenvalue weighted by Crippen LogP contribution is 2.24. The zero-order valence-electron chi connectivity index (χ0n) is 17.2. The number of rotatable bonds is 5. The van der Waals surface area contributed by atoms with Crippen LogP contribution in [0.4, 0.5) is 5.69 Å². The summed E-state index contributed by atoms with van der Waals surface area (Å²) in [6.45, 7) is 3.75. The van der Waals surface area contributed by atoms with Crippen LogP contribution in [0.5, 0.6) is 5.88 Å². The second kappa shape index (κ2) is 8.31. The van der Waals surface area contributed by atoms with Crippen LogP contribution >= 0.6 is 0 Å². The van der Waals surface area contributed by atoms with Gasteiger partial charge in [-0.3, -0.25) is 15.2 Å². The quantitative estimate of drug-likeness (QED) is 0.340. The zero-order chi connectivity index (χ0) is 22.0. The van der Waals surface area contributed by atoms with Gasteiger partial charge in [-0.1, -0.05) is 61.0 Å². The van der Waals surface area contributed by atoms with Crippen molar-refractivity contribution < 1.29 is 5.11 Å². The van der Waals surface area contributed by atoms with Gasteiger partial charge in [-0.15, -0.1) is 0 Å². The van der Waals surface area contributed by atoms with Gasteiger partial charge >= 0.3 is 5.69 Å². The van der Waals surface area contributed by atoms with Crippen molar-refractivity contribution in [3.05, 3.63) is 98.7 Å². The number of fused-ring (bicyclic) bond motifs is 1. The molecule has 1 heterocycles. The molecule has 0 atom stereocenters. The molecule has 0 aliphatic carbocycles. The number of anilines is 1. The van der Waals surface area contributed by atoms with Crippen LogP contribution in [0.1, 0.15) is 24.5 Å². The van der Waals surface area contributed by atoms with Gasteiger partial charge in [0.2, 0.25) is 5.88 Å². The maximum Gasteiger partial charge on any atom is 0.335 e. The lowest BCUT2D eigenvalue weighted by molar-refractivity contribution is 0.429. The van der Waals surface area contributed by atoms with Crippen molar-refractivity contribution in [2.75, 3.05) is 5.43 Å². The van der Waals surface area contributed by atoms with Crippen LogP contribution in [0.15, 0.2) is 81.4 Å². The maximum atomic E-state index is 12.6. The van der Waals surface area contributed by atoms with Crippen LogP contribution in [0.3, 0.4) is 0 Å². The Balaban J connectivity index is 1.81. The Labute approximate surface area is 178 Å². The van der Waals surface area contributed by atoms with Crippen LogP contribution in [0, 0.1) is 6.92 Å². The van der Waals surface area contributed by atoms with Crippen LogP contribution < -0.4 is 16.7 Å². The van der Waals surface area contributed by atoms with E-state index in [0.717, 1.165) is 26.6 Å². The van der Waals surface area contributed by atoms with Gasteiger partial charge in [0.25, 0.3) is 5.56 Å². The fourth-order valence-electron chi connectivity index (χ4n) is 3.48. The molecule has 0 aliphatic rings. The van der Waals surface area contributed by atoms with Gasteiger partial charge in [0, 0.05) is 5.39 Å². The van der Waals surface area contributed by atoms with Gasteiger partial charge in [0.05, 0.1) is 17.1 Å². The lowest BCUT2D eigenvalue weighted by Gasteiger charge is -2.13. The largest absolute Gasteiger partial charge is 0.493 e. The van der Waals surface area contributed by atoms with Crippen molar-refractivity contribution in [1.82, 2.24) is 9.55 Å². The fourth-order valence-corrected chi connectivity index (χ4v) is 3.48. The maximum absolute atomic E-state index is 12.6. The van der Waals surface area contributed by atoms with Crippen LogP contribution in [0.25, 0.3) is 16.5 Å². The summed E-state index contributed by atoms with van der Waals surface area (Å²) in [4.78, 5) is 27.3. The first-order chi connectivity index (χ1) is 15.0. The normalized spacial score (nSPS) is 11.6. The lowest BCUT2D eigenvalue weighted by atomic mass is 10.1. The van der Waals surface area contributed by atoms with E-state index in [-0.39, 0.29) is 5.56 Å². The van der Waals surface area contributed by atoms with E-state index in [4.69, 9.17) is 0 Å². The molecule has 0 bridgehead atoms. The Kier molecular flexibility index (Phi) is 5.41. The van der Waals surface area contributed by atoms with Crippen molar-refractivity contribution in [1.29, 1.82) is 0 Å². The highest BCUT2D eigenvalue weighted by Gasteiger charge is 2.19. The number of H-pyrrole nitrogens is 1. The number of benzene rings is 3. The van der Waals surface area contributed by atoms with E-state index < -0.39 is 17.1 Å². The summed E-state index contributed by atoms with van der Waals surface area (Å²) in [6.07, 6.45) is 0.362. The van der Waals surface area contributed by atoms with E-state index >= 15 is 0 Å². The average molecular weight is 414 g/mol. The third-order valence-electron chi connectivity index (χ3n) is 5.10. The number of aromatic amines is 1. The van der Waals surface area contributed by atoms with E-state index in [1.807, 2.05) is 68.4 Å². The molecular formula is C24H22N4O3. The second-order valence-electron chi connectivity index (χ2n) is 7.18. The second-order valence-corrected chi connectivity index (χ2v) is 7.18. The molecule has 7 heteroatoms. The minimum atomic E-state index is -0.715. The molecule has 0 spiro atoms. The first-order valence-corrected chi connectivity index (χ1v) is 9.95. The molecule has 3 N–H and O–H groups in total. The molecule has 0 fully saturated rings. The average Bonchev–Trinajstić information content (AvgIpc) is 2.77. The molecule has 0 saturated carbocycles. The van der Waals surface area contributed by atoms with E-state index in [1.165, 1.54) is 0 Å². The number of nitrogens with zero attached hydrogens (tertiary/aromatic N) is 2. The van der Waals surface area contributed by atoms with E-state index in [1.54, 1.807) is 12.1 Å². The van der Waals surface area contributed by atoms with Crippen LogP contribution in [0.2, 0.25) is 0 Å². The first-order valence-electron chi connectivity index (χ1n) is 9.95. The number of aromatic hydroxyl groups is 1. The highest BCUT2D eigenvalue weighted by atomic mass is 16.3. The van der Waals surface area contributed by atoms with E-state index in [0.29, 0.717) is 17.8 Å². The Morgan fingerprint density at radius 3 is 2.48 bits per heavy atom. The summed E-state index contributed by atoms with van der Waals surface area (Å²) in [5.74, 6) is -0.446. The third kappa shape index (κ3) is 3.85. The topological polar surface area (TPSA) is 99.5 Å². The van der Waals surface area contributed by atoms with Gasteiger partial charge in [-0.25, -0.2) is 9.36 Å². The summed E-state index contributed by atoms with van der Waals surface area (Å²) in [5, 5.41) is 17.3. The molecule has 4 rings (SSSR count). The summed E-state index contributed by atoms with van der Waals surface area (Å²) in [7, 11) is 0. The number of aryl methyl sites for hydroxylation is 1. The van der Waals surface area contributed by atoms with Gasteiger partial charge in [0.15, 0.2) is 0 Å². The van der Waals surface area contributed by atoms with Crippen molar-refractivity contribution >= 4 is 22.2 Å². The Morgan fingerprint density at radius 1 is 1.03 bits per heavy atom. The molecule has 156 valence electrons. The molecule has 31 heavy (non-hydrogen) atoms. The molecule has 7 nitrogen and oxygen atoms in total. The van der Waals surface area contributed by atoms with Crippen LogP contribution in [-0.4, -0.2) is 20.4 Å². The molecule has 4 aromatic rings. The van der Waals surface area contributed by atoms with Crippen LogP contribution in [-0.2, 0) is 0 Å². The summed E-state index contributed by atoms with van der Waals surface area (Å²) < 4.78 is 1.07. The highest BCUT2D eigenvalue weighted by molar-refractivity contribution is 6.03. The Hall–Kier alpha value is -4.13. The predicted molar refractivity (Wildman–Crippen MR) is 123 cm³/mol. The van der Waals surface area contributed by atoms with E-state index in [2.05, 4.69) is 15.5 Å². The third-order valence-corrected chi connectivity index (χ3v) is 5.10. The van der Waals surface area contributed by atoms with Crippen molar-refractivity contribution in [2.24, 2.45) is 5.10 Å². The SMILES string of the molecule is CCC(=NNc1cccc2ccccc12)c1c(O)n(-c2ccc(C)cc2)c(=O)[nH]c1=O.